The molecule has 0 aromatic rings. The Morgan fingerprint density at radius 1 is 1.09 bits per heavy atom. The highest BCUT2D eigenvalue weighted by Gasteiger charge is 2.45. The van der Waals surface area contributed by atoms with Crippen LogP contribution in [0.5, 0.6) is 0 Å². The molecule has 4 rings (SSSR count). The van der Waals surface area contributed by atoms with Gasteiger partial charge in [-0.1, -0.05) is 6.42 Å². The van der Waals surface area contributed by atoms with Gasteiger partial charge in [-0.3, -0.25) is 9.69 Å². The lowest BCUT2D eigenvalue weighted by Gasteiger charge is -2.44. The average molecular weight is 321 g/mol. The first kappa shape index (κ1) is 15.9. The average Bonchev–Trinajstić information content (AvgIpc) is 3.25. The fraction of sp³-hybridized carbons (Fsp3) is 0.944. The molecular weight excluding hydrogens is 290 g/mol. The van der Waals surface area contributed by atoms with Gasteiger partial charge in [0.25, 0.3) is 0 Å². The Hall–Kier alpha value is -0.650. The minimum absolute atomic E-state index is 0.288. The molecule has 4 aliphatic rings. The third kappa shape index (κ3) is 2.81. The summed E-state index contributed by atoms with van der Waals surface area (Å²) in [7, 11) is 0. The van der Waals surface area contributed by atoms with Crippen LogP contribution in [-0.2, 0) is 9.53 Å². The molecule has 2 aliphatic carbocycles. The molecule has 2 heterocycles. The van der Waals surface area contributed by atoms with Gasteiger partial charge >= 0.3 is 0 Å². The molecule has 5 heteroatoms. The van der Waals surface area contributed by atoms with E-state index in [1.165, 1.54) is 25.7 Å². The van der Waals surface area contributed by atoms with Crippen molar-refractivity contribution in [2.75, 3.05) is 45.9 Å². The van der Waals surface area contributed by atoms with Crippen molar-refractivity contribution in [3.8, 4) is 0 Å². The van der Waals surface area contributed by atoms with Gasteiger partial charge in [0.05, 0.1) is 5.41 Å². The van der Waals surface area contributed by atoms with Gasteiger partial charge in [-0.2, -0.15) is 0 Å². The van der Waals surface area contributed by atoms with E-state index in [-0.39, 0.29) is 11.3 Å². The van der Waals surface area contributed by atoms with E-state index in [4.69, 9.17) is 10.5 Å². The number of carbonyl (C=O) groups excluding carboxylic acids is 1. The second-order valence-corrected chi connectivity index (χ2v) is 8.17. The van der Waals surface area contributed by atoms with Crippen LogP contribution >= 0.6 is 0 Å². The number of fused-ring (bicyclic) bond motifs is 2. The molecule has 2 aliphatic heterocycles. The molecule has 2 N–H and O–H groups in total. The van der Waals surface area contributed by atoms with Crippen LogP contribution in [-0.4, -0.2) is 67.7 Å². The molecule has 3 unspecified atom stereocenters. The Bertz CT molecular complexity index is 442. The second-order valence-electron chi connectivity index (χ2n) is 8.17. The SMILES string of the molecule is NCC1(C(=O)N2CCN(C3CC4CCC3C4)CC2)CCOCC1. The van der Waals surface area contributed by atoms with Gasteiger partial charge in [-0.25, -0.2) is 0 Å². The van der Waals surface area contributed by atoms with Crippen LogP contribution in [0.25, 0.3) is 0 Å². The normalized spacial score (nSPS) is 37.3. The Balaban J connectivity index is 1.34. The van der Waals surface area contributed by atoms with E-state index in [2.05, 4.69) is 9.80 Å². The summed E-state index contributed by atoms with van der Waals surface area (Å²) in [5, 5.41) is 0. The van der Waals surface area contributed by atoms with Gasteiger partial charge in [-0.05, 0) is 43.9 Å². The smallest absolute Gasteiger partial charge is 0.230 e. The minimum atomic E-state index is -0.354. The largest absolute Gasteiger partial charge is 0.381 e. The maximum atomic E-state index is 13.0. The van der Waals surface area contributed by atoms with E-state index in [1.807, 2.05) is 0 Å². The molecule has 23 heavy (non-hydrogen) atoms. The lowest BCUT2D eigenvalue weighted by molar-refractivity contribution is -0.149. The predicted molar refractivity (Wildman–Crippen MR) is 88.9 cm³/mol. The van der Waals surface area contributed by atoms with Crippen LogP contribution in [0.4, 0.5) is 0 Å². The summed E-state index contributed by atoms with van der Waals surface area (Å²) in [6, 6.07) is 0.803. The molecule has 4 fully saturated rings. The van der Waals surface area contributed by atoms with E-state index >= 15 is 0 Å². The molecule has 130 valence electrons. The van der Waals surface area contributed by atoms with Crippen LogP contribution in [0.2, 0.25) is 0 Å². The number of hydrogen-bond acceptors (Lipinski definition) is 4. The molecule has 1 amide bonds. The maximum Gasteiger partial charge on any atom is 0.230 e. The lowest BCUT2D eigenvalue weighted by Crippen LogP contribution is -2.58. The van der Waals surface area contributed by atoms with E-state index in [1.54, 1.807) is 0 Å². The first-order valence-electron chi connectivity index (χ1n) is 9.53. The number of ether oxygens (including phenoxy) is 1. The van der Waals surface area contributed by atoms with Crippen molar-refractivity contribution in [3.05, 3.63) is 0 Å². The van der Waals surface area contributed by atoms with Gasteiger partial charge in [0.15, 0.2) is 0 Å². The van der Waals surface area contributed by atoms with Crippen molar-refractivity contribution in [1.29, 1.82) is 0 Å². The summed E-state index contributed by atoms with van der Waals surface area (Å²) in [6.07, 6.45) is 7.33. The number of carbonyl (C=O) groups is 1. The maximum absolute atomic E-state index is 13.0. The van der Waals surface area contributed by atoms with Gasteiger partial charge in [0, 0.05) is 52.0 Å². The minimum Gasteiger partial charge on any atom is -0.381 e. The quantitative estimate of drug-likeness (QED) is 0.845. The summed E-state index contributed by atoms with van der Waals surface area (Å²) in [4.78, 5) is 17.8. The zero-order valence-electron chi connectivity index (χ0n) is 14.2. The van der Waals surface area contributed by atoms with Crippen LogP contribution < -0.4 is 5.73 Å². The van der Waals surface area contributed by atoms with Gasteiger partial charge in [0.1, 0.15) is 0 Å². The highest BCUT2D eigenvalue weighted by Crippen LogP contribution is 2.46. The molecule has 0 radical (unpaired) electrons. The third-order valence-electron chi connectivity index (χ3n) is 7.07. The van der Waals surface area contributed by atoms with Gasteiger partial charge in [0.2, 0.25) is 5.91 Å². The van der Waals surface area contributed by atoms with Crippen molar-refractivity contribution in [2.45, 2.75) is 44.6 Å². The predicted octanol–water partition coefficient (Wildman–Crippen LogP) is 1.07. The molecule has 3 atom stereocenters. The molecule has 0 spiro atoms. The number of nitrogens with two attached hydrogens (primary N) is 1. The van der Waals surface area contributed by atoms with E-state index in [0.717, 1.165) is 56.9 Å². The standard InChI is InChI=1S/C18H31N3O2/c19-13-18(3-9-23-10-4-18)17(22)21-7-5-20(6-8-21)16-12-14-1-2-15(16)11-14/h14-16H,1-13,19H2. The summed E-state index contributed by atoms with van der Waals surface area (Å²) < 4.78 is 5.44. The fourth-order valence-electron chi connectivity index (χ4n) is 5.52. The van der Waals surface area contributed by atoms with Crippen molar-refractivity contribution >= 4 is 5.91 Å². The molecule has 2 saturated carbocycles. The van der Waals surface area contributed by atoms with Crippen molar-refractivity contribution in [2.24, 2.45) is 23.0 Å². The van der Waals surface area contributed by atoms with Crippen LogP contribution in [0.1, 0.15) is 38.5 Å². The Kier molecular flexibility index (Phi) is 4.37. The number of piperazine rings is 1. The highest BCUT2D eigenvalue weighted by molar-refractivity contribution is 5.83. The summed E-state index contributed by atoms with van der Waals surface area (Å²) in [6.45, 7) is 5.68. The summed E-state index contributed by atoms with van der Waals surface area (Å²) in [5.74, 6) is 2.22. The first-order chi connectivity index (χ1) is 11.2. The zero-order valence-corrected chi connectivity index (χ0v) is 14.2. The highest BCUT2D eigenvalue weighted by atomic mass is 16.5. The summed E-state index contributed by atoms with van der Waals surface area (Å²) >= 11 is 0. The number of amides is 1. The number of hydrogen-bond donors (Lipinski definition) is 1. The van der Waals surface area contributed by atoms with Crippen molar-refractivity contribution in [1.82, 2.24) is 9.80 Å². The van der Waals surface area contributed by atoms with E-state index < -0.39 is 0 Å². The van der Waals surface area contributed by atoms with E-state index in [0.29, 0.717) is 19.8 Å². The molecule has 2 saturated heterocycles. The van der Waals surface area contributed by atoms with Crippen molar-refractivity contribution < 1.29 is 9.53 Å². The topological polar surface area (TPSA) is 58.8 Å². The molecule has 2 bridgehead atoms. The van der Waals surface area contributed by atoms with Gasteiger partial charge < -0.3 is 15.4 Å². The zero-order chi connectivity index (χ0) is 15.9. The first-order valence-corrected chi connectivity index (χ1v) is 9.53. The van der Waals surface area contributed by atoms with Crippen LogP contribution in [0.15, 0.2) is 0 Å². The molecule has 0 aromatic heterocycles. The monoisotopic (exact) mass is 321 g/mol. The van der Waals surface area contributed by atoms with Gasteiger partial charge in [-0.15, -0.1) is 0 Å². The van der Waals surface area contributed by atoms with Crippen molar-refractivity contribution in [3.63, 3.8) is 0 Å². The summed E-state index contributed by atoms with van der Waals surface area (Å²) in [5.41, 5.74) is 5.65. The molecule has 0 aromatic carbocycles. The molecular formula is C18H31N3O2. The van der Waals surface area contributed by atoms with E-state index in [9.17, 15) is 4.79 Å². The Morgan fingerprint density at radius 3 is 2.39 bits per heavy atom. The Morgan fingerprint density at radius 2 is 1.83 bits per heavy atom. The molecule has 5 nitrogen and oxygen atoms in total. The van der Waals surface area contributed by atoms with Crippen LogP contribution in [0.3, 0.4) is 0 Å². The third-order valence-corrected chi connectivity index (χ3v) is 7.07. The Labute approximate surface area is 139 Å². The second kappa shape index (κ2) is 6.34. The lowest BCUT2D eigenvalue weighted by atomic mass is 9.78. The van der Waals surface area contributed by atoms with Crippen LogP contribution in [0, 0.1) is 17.3 Å². The number of rotatable bonds is 3. The fourth-order valence-corrected chi connectivity index (χ4v) is 5.52. The number of nitrogens with zero attached hydrogens (tertiary/aromatic N) is 2.